The average molecular weight is 731 g/mol. The van der Waals surface area contributed by atoms with Crippen LogP contribution in [0.5, 0.6) is 11.5 Å². The molecule has 8 rings (SSSR count). The Morgan fingerprint density at radius 2 is 0.962 bits per heavy atom. The van der Waals surface area contributed by atoms with Crippen molar-refractivity contribution in [1.82, 2.24) is 0 Å². The highest BCUT2D eigenvalue weighted by molar-refractivity contribution is 5.41. The lowest BCUT2D eigenvalue weighted by atomic mass is 9.53. The molecule has 4 N–H and O–H groups in total. The van der Waals surface area contributed by atoms with Gasteiger partial charge in [-0.1, -0.05) is 26.0 Å². The van der Waals surface area contributed by atoms with E-state index in [1.54, 1.807) is 0 Å². The van der Waals surface area contributed by atoms with Gasteiger partial charge in [-0.2, -0.15) is 0 Å². The van der Waals surface area contributed by atoms with Crippen molar-refractivity contribution in [2.45, 2.75) is 140 Å². The van der Waals surface area contributed by atoms with Gasteiger partial charge in [0, 0.05) is 13.2 Å². The Labute approximate surface area is 317 Å². The number of hydrogen-bond donors (Lipinski definition) is 4. The molecule has 0 amide bonds. The van der Waals surface area contributed by atoms with Crippen molar-refractivity contribution in [3.8, 4) is 11.5 Å². The molecule has 6 aliphatic rings. The number of fused-ring (bicyclic) bond motifs is 10. The smallest absolute Gasteiger partial charge is 0.115 e. The van der Waals surface area contributed by atoms with E-state index in [0.717, 1.165) is 89.9 Å². The number of aryl methyl sites for hydroxylation is 2. The van der Waals surface area contributed by atoms with Crippen molar-refractivity contribution in [3.63, 3.8) is 0 Å². The third kappa shape index (κ3) is 6.77. The largest absolute Gasteiger partial charge is 0.508 e. The van der Waals surface area contributed by atoms with Crippen molar-refractivity contribution in [1.29, 1.82) is 0 Å². The van der Waals surface area contributed by atoms with Gasteiger partial charge in [-0.25, -0.2) is 0 Å². The van der Waals surface area contributed by atoms with E-state index in [2.05, 4.69) is 26.0 Å². The van der Waals surface area contributed by atoms with Crippen LogP contribution in [-0.4, -0.2) is 71.3 Å². The molecule has 10 atom stereocenters. The maximum absolute atomic E-state index is 12.0. The first-order valence-corrected chi connectivity index (χ1v) is 21.4. The zero-order valence-corrected chi connectivity index (χ0v) is 32.5. The first-order valence-electron chi connectivity index (χ1n) is 21.4. The lowest BCUT2D eigenvalue weighted by Crippen LogP contribution is -2.50. The van der Waals surface area contributed by atoms with Crippen LogP contribution in [-0.2, 0) is 27.1 Å². The normalized spacial score (nSPS) is 38.3. The first kappa shape index (κ1) is 37.7. The molecule has 53 heavy (non-hydrogen) atoms. The van der Waals surface area contributed by atoms with Gasteiger partial charge in [0.25, 0.3) is 0 Å². The van der Waals surface area contributed by atoms with Crippen LogP contribution in [0.25, 0.3) is 0 Å². The summed E-state index contributed by atoms with van der Waals surface area (Å²) in [6.45, 7) is 8.23. The molecule has 3 unspecified atom stereocenters. The van der Waals surface area contributed by atoms with Crippen molar-refractivity contribution in [2.24, 2.45) is 34.5 Å². The summed E-state index contributed by atoms with van der Waals surface area (Å²) in [5.74, 6) is 4.27. The standard InChI is InChI=1S/C46H66O7/c1-43-19-13-37-35-11-7-33(47)29-31(35)5-9-39(37)41(43)15-21-45(43,49)17-3-23-51-25-27-53-28-26-52-24-4-18-46(50)22-16-42-40-10-6-32-30-34(48)8-12-36(32)38(40)14-20-44(42,46)2/h7-8,11-12,29-30,37-42,47-50H,3-6,9-10,13-28H2,1-2H3/t37-,38?,39-,40?,41+,42?,43+,44+,45+,46+/m1/s1. The molecule has 0 heterocycles. The van der Waals surface area contributed by atoms with Gasteiger partial charge in [0.2, 0.25) is 0 Å². The molecule has 0 bridgehead atoms. The number of aliphatic hydroxyl groups is 2. The molecule has 0 spiro atoms. The topological polar surface area (TPSA) is 109 Å². The van der Waals surface area contributed by atoms with Gasteiger partial charge in [-0.05, 0) is 196 Å². The second-order valence-electron chi connectivity index (χ2n) is 18.7. The fraction of sp³-hybridized carbons (Fsp3) is 0.739. The highest BCUT2D eigenvalue weighted by Gasteiger charge is 2.62. The lowest BCUT2D eigenvalue weighted by Gasteiger charge is -2.53. The molecular weight excluding hydrogens is 664 g/mol. The number of phenolic OH excluding ortho intramolecular Hbond substituents is 2. The number of phenols is 2. The monoisotopic (exact) mass is 730 g/mol. The van der Waals surface area contributed by atoms with Gasteiger partial charge in [0.1, 0.15) is 11.5 Å². The van der Waals surface area contributed by atoms with E-state index >= 15 is 0 Å². The minimum atomic E-state index is -0.615. The molecule has 292 valence electrons. The van der Waals surface area contributed by atoms with Crippen molar-refractivity contribution < 1.29 is 34.6 Å². The van der Waals surface area contributed by atoms with Crippen molar-refractivity contribution in [3.05, 3.63) is 58.7 Å². The molecule has 0 aromatic heterocycles. The SMILES string of the molecule is C[C@]12CCC3c4ccc(O)cc4CCC3C1CC[C@@]2(O)CCCOCCOCCOCCC[C@]1(O)CC[C@H]2[C@@H]3CCc4cc(O)ccc4[C@H]3CC[C@@]21C. The van der Waals surface area contributed by atoms with Crippen LogP contribution in [0, 0.1) is 34.5 Å². The van der Waals surface area contributed by atoms with E-state index in [-0.39, 0.29) is 10.8 Å². The van der Waals surface area contributed by atoms with Crippen LogP contribution >= 0.6 is 0 Å². The van der Waals surface area contributed by atoms with E-state index < -0.39 is 11.2 Å². The Balaban J connectivity index is 0.687. The number of benzene rings is 2. The van der Waals surface area contributed by atoms with Gasteiger partial charge in [0.05, 0.1) is 37.6 Å². The Bertz CT molecular complexity index is 1480. The molecule has 2 aromatic rings. The van der Waals surface area contributed by atoms with Gasteiger partial charge in [-0.15, -0.1) is 0 Å². The summed E-state index contributed by atoms with van der Waals surface area (Å²) in [5.41, 5.74) is 4.25. The molecule has 6 aliphatic carbocycles. The van der Waals surface area contributed by atoms with E-state index in [1.165, 1.54) is 35.1 Å². The number of aromatic hydroxyl groups is 2. The maximum Gasteiger partial charge on any atom is 0.115 e. The van der Waals surface area contributed by atoms with Crippen molar-refractivity contribution in [2.75, 3.05) is 39.6 Å². The van der Waals surface area contributed by atoms with E-state index in [4.69, 9.17) is 14.2 Å². The Hall–Kier alpha value is -2.16. The quantitative estimate of drug-likeness (QED) is 0.144. The number of hydrogen-bond acceptors (Lipinski definition) is 7. The summed E-state index contributed by atoms with van der Waals surface area (Å²) in [5, 5.41) is 44.0. The number of rotatable bonds is 14. The zero-order valence-electron chi connectivity index (χ0n) is 32.5. The van der Waals surface area contributed by atoms with E-state index in [1.807, 2.05) is 24.3 Å². The molecule has 7 heteroatoms. The summed E-state index contributed by atoms with van der Waals surface area (Å²) in [6, 6.07) is 12.0. The highest BCUT2D eigenvalue weighted by Crippen LogP contribution is 2.66. The summed E-state index contributed by atoms with van der Waals surface area (Å²) < 4.78 is 17.6. The molecule has 0 aliphatic heterocycles. The molecular formula is C46H66O7. The second-order valence-corrected chi connectivity index (χ2v) is 18.7. The Kier molecular flexibility index (Phi) is 10.7. The van der Waals surface area contributed by atoms with Gasteiger partial charge in [-0.3, -0.25) is 0 Å². The van der Waals surface area contributed by atoms with Crippen LogP contribution in [0.3, 0.4) is 0 Å². The van der Waals surface area contributed by atoms with E-state index in [9.17, 15) is 20.4 Å². The molecule has 4 fully saturated rings. The average Bonchev–Trinajstić information content (AvgIpc) is 3.58. The fourth-order valence-corrected chi connectivity index (χ4v) is 13.7. The first-order chi connectivity index (χ1) is 25.6. The Morgan fingerprint density at radius 3 is 1.40 bits per heavy atom. The third-order valence-electron chi connectivity index (χ3n) is 16.6. The van der Waals surface area contributed by atoms with Crippen LogP contribution in [0.2, 0.25) is 0 Å². The van der Waals surface area contributed by atoms with Crippen LogP contribution < -0.4 is 0 Å². The zero-order chi connectivity index (χ0) is 36.8. The minimum absolute atomic E-state index is 0.0319. The van der Waals surface area contributed by atoms with Gasteiger partial charge < -0.3 is 34.6 Å². The molecule has 0 radical (unpaired) electrons. The second kappa shape index (κ2) is 15.1. The minimum Gasteiger partial charge on any atom is -0.508 e. The van der Waals surface area contributed by atoms with Crippen LogP contribution in [0.15, 0.2) is 36.4 Å². The highest BCUT2D eigenvalue weighted by atomic mass is 16.5. The molecule has 4 saturated carbocycles. The van der Waals surface area contributed by atoms with Crippen molar-refractivity contribution >= 4 is 0 Å². The molecule has 0 saturated heterocycles. The number of ether oxygens (including phenoxy) is 3. The summed E-state index contributed by atoms with van der Waals surface area (Å²) >= 11 is 0. The van der Waals surface area contributed by atoms with Gasteiger partial charge >= 0.3 is 0 Å². The van der Waals surface area contributed by atoms with Crippen LogP contribution in [0.1, 0.15) is 138 Å². The lowest BCUT2D eigenvalue weighted by molar-refractivity contribution is -0.111. The Morgan fingerprint density at radius 1 is 0.547 bits per heavy atom. The predicted octanol–water partition coefficient (Wildman–Crippen LogP) is 8.58. The van der Waals surface area contributed by atoms with Crippen LogP contribution in [0.4, 0.5) is 0 Å². The molecule has 2 aromatic carbocycles. The summed E-state index contributed by atoms with van der Waals surface area (Å²) in [7, 11) is 0. The molecule has 7 nitrogen and oxygen atoms in total. The summed E-state index contributed by atoms with van der Waals surface area (Å²) in [4.78, 5) is 0. The maximum atomic E-state index is 12.0. The third-order valence-corrected chi connectivity index (χ3v) is 16.6. The van der Waals surface area contributed by atoms with Gasteiger partial charge in [0.15, 0.2) is 0 Å². The predicted molar refractivity (Wildman–Crippen MR) is 206 cm³/mol. The van der Waals surface area contributed by atoms with E-state index in [0.29, 0.717) is 86.6 Å². The summed E-state index contributed by atoms with van der Waals surface area (Å²) in [6.07, 6.45) is 16.1. The fourth-order valence-electron chi connectivity index (χ4n) is 13.7.